The van der Waals surface area contributed by atoms with Crippen LogP contribution in [0, 0.1) is 0 Å². The van der Waals surface area contributed by atoms with Crippen molar-refractivity contribution in [2.24, 2.45) is 0 Å². The average Bonchev–Trinajstić information content (AvgIpc) is 3.01. The number of amides is 1. The lowest BCUT2D eigenvalue weighted by Crippen LogP contribution is -2.18. The molecule has 6 heteroatoms. The number of nitrogens with zero attached hydrogens (tertiary/aromatic N) is 2. The topological polar surface area (TPSA) is 84.2 Å². The van der Waals surface area contributed by atoms with Crippen LogP contribution in [-0.4, -0.2) is 26.9 Å². The molecule has 3 heterocycles. The number of pyridine rings is 1. The zero-order valence-electron chi connectivity index (χ0n) is 13.5. The van der Waals surface area contributed by atoms with Crippen LogP contribution in [0.15, 0.2) is 36.5 Å². The van der Waals surface area contributed by atoms with E-state index in [0.717, 1.165) is 37.8 Å². The quantitative estimate of drug-likeness (QED) is 0.720. The van der Waals surface area contributed by atoms with E-state index in [2.05, 4.69) is 10.3 Å². The first-order valence-electron chi connectivity index (χ1n) is 8.24. The second-order valence-electron chi connectivity index (χ2n) is 6.17. The standard InChI is InChI=1S/C19H17N3O3/c23-11-12-9-15(18-3-1-2-8-22(12)18)19(25)21-17-6-7-20-16-5-4-13(24)10-14(16)17/h4-7,9-11,24H,1-3,8H2,(H,20,21,25). The number of carbonyl (C=O) groups is 2. The molecule has 3 aromatic rings. The fourth-order valence-corrected chi connectivity index (χ4v) is 3.43. The molecule has 25 heavy (non-hydrogen) atoms. The molecule has 4 rings (SSSR count). The Morgan fingerprint density at radius 1 is 1.24 bits per heavy atom. The Morgan fingerprint density at radius 2 is 2.12 bits per heavy atom. The van der Waals surface area contributed by atoms with Crippen LogP contribution < -0.4 is 5.32 Å². The molecule has 0 unspecified atom stereocenters. The number of aromatic nitrogens is 2. The molecule has 1 aliphatic rings. The summed E-state index contributed by atoms with van der Waals surface area (Å²) >= 11 is 0. The SMILES string of the molecule is O=Cc1cc(C(=O)Nc2ccnc3ccc(O)cc23)c2n1CCCC2. The van der Waals surface area contributed by atoms with Gasteiger partial charge in [-0.05, 0) is 49.6 Å². The van der Waals surface area contributed by atoms with Crippen molar-refractivity contribution < 1.29 is 14.7 Å². The van der Waals surface area contributed by atoms with Crippen LogP contribution >= 0.6 is 0 Å². The summed E-state index contributed by atoms with van der Waals surface area (Å²) in [6.07, 6.45) is 5.22. The fourth-order valence-electron chi connectivity index (χ4n) is 3.43. The molecule has 0 radical (unpaired) electrons. The zero-order valence-corrected chi connectivity index (χ0v) is 13.5. The van der Waals surface area contributed by atoms with Crippen molar-refractivity contribution in [3.8, 4) is 5.75 Å². The normalized spacial score (nSPS) is 13.4. The van der Waals surface area contributed by atoms with Crippen LogP contribution in [0.1, 0.15) is 39.4 Å². The highest BCUT2D eigenvalue weighted by atomic mass is 16.3. The molecule has 1 aromatic carbocycles. The van der Waals surface area contributed by atoms with Crippen LogP contribution in [0.4, 0.5) is 5.69 Å². The minimum absolute atomic E-state index is 0.112. The maximum atomic E-state index is 12.8. The van der Waals surface area contributed by atoms with Gasteiger partial charge in [0.2, 0.25) is 0 Å². The molecule has 2 N–H and O–H groups in total. The van der Waals surface area contributed by atoms with Gasteiger partial charge >= 0.3 is 0 Å². The Morgan fingerprint density at radius 3 is 2.96 bits per heavy atom. The summed E-state index contributed by atoms with van der Waals surface area (Å²) in [6, 6.07) is 8.18. The maximum absolute atomic E-state index is 12.8. The van der Waals surface area contributed by atoms with Gasteiger partial charge in [0, 0.05) is 23.8 Å². The van der Waals surface area contributed by atoms with Gasteiger partial charge in [0.15, 0.2) is 6.29 Å². The lowest BCUT2D eigenvalue weighted by molar-refractivity contribution is 0.102. The lowest BCUT2D eigenvalue weighted by atomic mass is 10.1. The van der Waals surface area contributed by atoms with E-state index in [0.29, 0.717) is 27.8 Å². The number of aromatic hydroxyl groups is 1. The molecule has 0 aliphatic carbocycles. The third-order valence-electron chi connectivity index (χ3n) is 4.62. The number of carbonyl (C=O) groups excluding carboxylic acids is 2. The van der Waals surface area contributed by atoms with Gasteiger partial charge in [-0.1, -0.05) is 0 Å². The Kier molecular flexibility index (Phi) is 3.72. The Hall–Kier alpha value is -3.15. The van der Waals surface area contributed by atoms with Crippen LogP contribution in [0.2, 0.25) is 0 Å². The molecule has 0 fully saturated rings. The van der Waals surface area contributed by atoms with E-state index in [1.165, 1.54) is 0 Å². The summed E-state index contributed by atoms with van der Waals surface area (Å²) in [5.74, 6) is -0.143. The molecule has 0 saturated carbocycles. The molecule has 0 saturated heterocycles. The monoisotopic (exact) mass is 335 g/mol. The van der Waals surface area contributed by atoms with E-state index in [-0.39, 0.29) is 11.7 Å². The molecule has 1 aliphatic heterocycles. The molecule has 6 nitrogen and oxygen atoms in total. The third kappa shape index (κ3) is 2.65. The van der Waals surface area contributed by atoms with E-state index < -0.39 is 0 Å². The van der Waals surface area contributed by atoms with Crippen molar-refractivity contribution >= 4 is 28.8 Å². The molecule has 1 amide bonds. The summed E-state index contributed by atoms with van der Waals surface area (Å²) in [5.41, 5.74) is 3.24. The summed E-state index contributed by atoms with van der Waals surface area (Å²) in [4.78, 5) is 28.4. The minimum atomic E-state index is -0.255. The summed E-state index contributed by atoms with van der Waals surface area (Å²) in [5, 5.41) is 13.3. The predicted octanol–water partition coefficient (Wildman–Crippen LogP) is 3.14. The number of aldehydes is 1. The highest BCUT2D eigenvalue weighted by molar-refractivity contribution is 6.10. The van der Waals surface area contributed by atoms with Crippen molar-refractivity contribution in [2.45, 2.75) is 25.8 Å². The van der Waals surface area contributed by atoms with Crippen molar-refractivity contribution in [3.63, 3.8) is 0 Å². The minimum Gasteiger partial charge on any atom is -0.508 e. The van der Waals surface area contributed by atoms with Crippen LogP contribution in [0.3, 0.4) is 0 Å². The van der Waals surface area contributed by atoms with Gasteiger partial charge in [-0.15, -0.1) is 0 Å². The van der Waals surface area contributed by atoms with Crippen molar-refractivity contribution in [1.29, 1.82) is 0 Å². The summed E-state index contributed by atoms with van der Waals surface area (Å²) in [7, 11) is 0. The molecular weight excluding hydrogens is 318 g/mol. The first kappa shape index (κ1) is 15.4. The van der Waals surface area contributed by atoms with Crippen LogP contribution in [-0.2, 0) is 13.0 Å². The maximum Gasteiger partial charge on any atom is 0.257 e. The average molecular weight is 335 g/mol. The van der Waals surface area contributed by atoms with Gasteiger partial charge in [-0.3, -0.25) is 14.6 Å². The second kappa shape index (κ2) is 6.05. The van der Waals surface area contributed by atoms with E-state index in [1.54, 1.807) is 36.5 Å². The van der Waals surface area contributed by atoms with E-state index in [1.807, 2.05) is 4.57 Å². The highest BCUT2D eigenvalue weighted by Gasteiger charge is 2.22. The van der Waals surface area contributed by atoms with Crippen molar-refractivity contribution in [1.82, 2.24) is 9.55 Å². The number of nitrogens with one attached hydrogen (secondary N) is 1. The number of phenolic OH excluding ortho intramolecular Hbond substituents is 1. The van der Waals surface area contributed by atoms with E-state index >= 15 is 0 Å². The van der Waals surface area contributed by atoms with E-state index in [4.69, 9.17) is 0 Å². The van der Waals surface area contributed by atoms with Gasteiger partial charge in [-0.25, -0.2) is 0 Å². The predicted molar refractivity (Wildman–Crippen MR) is 94.1 cm³/mol. The molecule has 0 atom stereocenters. The number of hydrogen-bond acceptors (Lipinski definition) is 4. The molecule has 0 bridgehead atoms. The Balaban J connectivity index is 1.73. The lowest BCUT2D eigenvalue weighted by Gasteiger charge is -2.17. The molecular formula is C19H17N3O3. The zero-order chi connectivity index (χ0) is 17.4. The number of fused-ring (bicyclic) bond motifs is 2. The smallest absolute Gasteiger partial charge is 0.257 e. The molecule has 2 aromatic heterocycles. The Bertz CT molecular complexity index is 991. The van der Waals surface area contributed by atoms with Crippen molar-refractivity contribution in [2.75, 3.05) is 5.32 Å². The third-order valence-corrected chi connectivity index (χ3v) is 4.62. The molecule has 0 spiro atoms. The fraction of sp³-hybridized carbons (Fsp3) is 0.211. The van der Waals surface area contributed by atoms with Gasteiger partial charge in [0.05, 0.1) is 22.5 Å². The van der Waals surface area contributed by atoms with Crippen LogP contribution in [0.5, 0.6) is 5.75 Å². The number of hydrogen-bond donors (Lipinski definition) is 2. The van der Waals surface area contributed by atoms with Gasteiger partial charge in [0.1, 0.15) is 5.75 Å². The number of phenols is 1. The van der Waals surface area contributed by atoms with Crippen molar-refractivity contribution in [3.05, 3.63) is 53.5 Å². The van der Waals surface area contributed by atoms with E-state index in [9.17, 15) is 14.7 Å². The summed E-state index contributed by atoms with van der Waals surface area (Å²) < 4.78 is 1.93. The van der Waals surface area contributed by atoms with Gasteiger partial charge in [-0.2, -0.15) is 0 Å². The van der Waals surface area contributed by atoms with Gasteiger partial charge < -0.3 is 15.0 Å². The largest absolute Gasteiger partial charge is 0.508 e. The first-order valence-corrected chi connectivity index (χ1v) is 8.24. The van der Waals surface area contributed by atoms with Gasteiger partial charge in [0.25, 0.3) is 5.91 Å². The second-order valence-corrected chi connectivity index (χ2v) is 6.17. The number of benzene rings is 1. The number of rotatable bonds is 3. The first-order chi connectivity index (χ1) is 12.2. The highest BCUT2D eigenvalue weighted by Crippen LogP contribution is 2.28. The Labute approximate surface area is 144 Å². The van der Waals surface area contributed by atoms with Crippen LogP contribution in [0.25, 0.3) is 10.9 Å². The number of anilines is 1. The molecule has 126 valence electrons. The summed E-state index contributed by atoms with van der Waals surface area (Å²) in [6.45, 7) is 0.767.